The Hall–Kier alpha value is -1.98. The molecule has 110 valence electrons. The molecule has 7 heteroatoms. The number of H-pyrrole nitrogens is 1. The number of hydrogen-bond acceptors (Lipinski definition) is 3. The lowest BCUT2D eigenvalue weighted by molar-refractivity contribution is -0.143. The second-order valence-corrected chi connectivity index (χ2v) is 4.97. The van der Waals surface area contributed by atoms with Crippen LogP contribution in [0.2, 0.25) is 10.2 Å². The molecule has 0 bridgehead atoms. The number of halogens is 2. The molecule has 0 saturated heterocycles. The highest BCUT2D eigenvalue weighted by atomic mass is 35.5. The van der Waals surface area contributed by atoms with E-state index in [1.54, 1.807) is 24.3 Å². The zero-order valence-corrected chi connectivity index (χ0v) is 12.5. The lowest BCUT2D eigenvalue weighted by atomic mass is 10.1. The average molecular weight is 327 g/mol. The van der Waals surface area contributed by atoms with Gasteiger partial charge in [0.15, 0.2) is 6.04 Å². The van der Waals surface area contributed by atoms with Crippen molar-refractivity contribution in [2.24, 2.45) is 0 Å². The van der Waals surface area contributed by atoms with Gasteiger partial charge in [0.1, 0.15) is 10.8 Å². The Morgan fingerprint density at radius 2 is 1.90 bits per heavy atom. The molecule has 0 spiro atoms. The number of aromatic nitrogens is 1. The van der Waals surface area contributed by atoms with Crippen LogP contribution in [0.4, 0.5) is 0 Å². The summed E-state index contributed by atoms with van der Waals surface area (Å²) in [4.78, 5) is 26.6. The maximum absolute atomic E-state index is 12.1. The van der Waals surface area contributed by atoms with Crippen LogP contribution in [0.25, 0.3) is 0 Å². The highest BCUT2D eigenvalue weighted by Gasteiger charge is 2.24. The Morgan fingerprint density at radius 3 is 2.43 bits per heavy atom. The summed E-state index contributed by atoms with van der Waals surface area (Å²) in [6.07, 6.45) is 0. The predicted octanol–water partition coefficient (Wildman–Crippen LogP) is 2.97. The first-order chi connectivity index (χ1) is 10.0. The average Bonchev–Trinajstić information content (AvgIpc) is 2.84. The molecule has 0 aliphatic carbocycles. The van der Waals surface area contributed by atoms with Gasteiger partial charge in [0.05, 0.1) is 12.1 Å². The van der Waals surface area contributed by atoms with E-state index in [2.05, 4.69) is 10.3 Å². The molecule has 1 aromatic carbocycles. The van der Waals surface area contributed by atoms with Gasteiger partial charge in [-0.05, 0) is 11.6 Å². The third-order valence-corrected chi connectivity index (χ3v) is 3.51. The van der Waals surface area contributed by atoms with Crippen molar-refractivity contribution in [3.05, 3.63) is 57.8 Å². The van der Waals surface area contributed by atoms with Gasteiger partial charge in [0.25, 0.3) is 5.91 Å². The molecule has 2 rings (SSSR count). The van der Waals surface area contributed by atoms with E-state index < -0.39 is 17.9 Å². The van der Waals surface area contributed by atoms with Gasteiger partial charge in [0, 0.05) is 0 Å². The van der Waals surface area contributed by atoms with Crippen LogP contribution < -0.4 is 5.32 Å². The first-order valence-electron chi connectivity index (χ1n) is 6.00. The molecule has 2 aromatic rings. The third-order valence-electron chi connectivity index (χ3n) is 2.82. The minimum absolute atomic E-state index is 0.162. The van der Waals surface area contributed by atoms with E-state index >= 15 is 0 Å². The number of ether oxygens (including phenoxy) is 1. The fourth-order valence-corrected chi connectivity index (χ4v) is 2.09. The highest BCUT2D eigenvalue weighted by Crippen LogP contribution is 2.22. The van der Waals surface area contributed by atoms with Crippen LogP contribution >= 0.6 is 23.2 Å². The van der Waals surface area contributed by atoms with Crippen molar-refractivity contribution in [2.45, 2.75) is 6.04 Å². The Balaban J connectivity index is 2.23. The predicted molar refractivity (Wildman–Crippen MR) is 79.5 cm³/mol. The zero-order chi connectivity index (χ0) is 15.4. The summed E-state index contributed by atoms with van der Waals surface area (Å²) in [5.74, 6) is -1.08. The van der Waals surface area contributed by atoms with E-state index in [1.807, 2.05) is 6.07 Å². The van der Waals surface area contributed by atoms with Crippen molar-refractivity contribution in [3.8, 4) is 0 Å². The van der Waals surface area contributed by atoms with Crippen molar-refractivity contribution in [1.29, 1.82) is 0 Å². The lowest BCUT2D eigenvalue weighted by Crippen LogP contribution is -2.34. The first-order valence-corrected chi connectivity index (χ1v) is 6.76. The van der Waals surface area contributed by atoms with Gasteiger partial charge in [-0.1, -0.05) is 53.5 Å². The number of methoxy groups -OCH3 is 1. The Kier molecular flexibility index (Phi) is 4.88. The molecular formula is C14H12Cl2N2O3. The zero-order valence-electron chi connectivity index (χ0n) is 11.0. The van der Waals surface area contributed by atoms with Crippen LogP contribution in [0.5, 0.6) is 0 Å². The number of esters is 1. The molecule has 1 aromatic heterocycles. The Morgan fingerprint density at radius 1 is 1.24 bits per heavy atom. The minimum atomic E-state index is -0.912. The summed E-state index contributed by atoms with van der Waals surface area (Å²) in [6.45, 7) is 0. The quantitative estimate of drug-likeness (QED) is 0.848. The first kappa shape index (κ1) is 15.4. The number of benzene rings is 1. The molecule has 0 aliphatic heterocycles. The van der Waals surface area contributed by atoms with Gasteiger partial charge >= 0.3 is 5.97 Å². The number of rotatable bonds is 4. The lowest BCUT2D eigenvalue weighted by Gasteiger charge is -2.16. The number of amides is 1. The summed E-state index contributed by atoms with van der Waals surface area (Å²) in [7, 11) is 1.26. The third kappa shape index (κ3) is 3.56. The van der Waals surface area contributed by atoms with Crippen LogP contribution in [0.1, 0.15) is 22.1 Å². The molecule has 21 heavy (non-hydrogen) atoms. The summed E-state index contributed by atoms with van der Waals surface area (Å²) in [6, 6.07) is 9.25. The molecule has 1 heterocycles. The maximum atomic E-state index is 12.1. The second-order valence-electron chi connectivity index (χ2n) is 4.19. The highest BCUT2D eigenvalue weighted by molar-refractivity contribution is 6.41. The van der Waals surface area contributed by atoms with Gasteiger partial charge in [0.2, 0.25) is 0 Å². The van der Waals surface area contributed by atoms with Crippen LogP contribution in [0.15, 0.2) is 36.4 Å². The normalized spacial score (nSPS) is 11.8. The van der Waals surface area contributed by atoms with Crippen molar-refractivity contribution >= 4 is 35.1 Å². The fourth-order valence-electron chi connectivity index (χ4n) is 1.78. The van der Waals surface area contributed by atoms with Crippen molar-refractivity contribution in [2.75, 3.05) is 7.11 Å². The van der Waals surface area contributed by atoms with Gasteiger partial charge < -0.3 is 15.0 Å². The molecule has 0 aliphatic rings. The van der Waals surface area contributed by atoms with E-state index in [1.165, 1.54) is 13.2 Å². The molecule has 1 unspecified atom stereocenters. The largest absolute Gasteiger partial charge is 0.467 e. The molecular weight excluding hydrogens is 315 g/mol. The van der Waals surface area contributed by atoms with E-state index in [0.717, 1.165) is 0 Å². The van der Waals surface area contributed by atoms with Crippen LogP contribution in [0, 0.1) is 0 Å². The summed E-state index contributed by atoms with van der Waals surface area (Å²) >= 11 is 11.5. The summed E-state index contributed by atoms with van der Waals surface area (Å²) in [5, 5.41) is 2.97. The fraction of sp³-hybridized carbons (Fsp3) is 0.143. The van der Waals surface area contributed by atoms with E-state index in [0.29, 0.717) is 5.56 Å². The van der Waals surface area contributed by atoms with Crippen LogP contribution in [0.3, 0.4) is 0 Å². The number of nitrogens with one attached hydrogen (secondary N) is 2. The SMILES string of the molecule is COC(=O)C(NC(=O)c1cc(Cl)c(Cl)[nH]1)c1ccccc1. The molecule has 0 fully saturated rings. The van der Waals surface area contributed by atoms with Gasteiger partial charge in [-0.15, -0.1) is 0 Å². The molecule has 1 atom stereocenters. The molecule has 5 nitrogen and oxygen atoms in total. The second kappa shape index (κ2) is 6.65. The minimum Gasteiger partial charge on any atom is -0.467 e. The monoisotopic (exact) mass is 326 g/mol. The number of carbonyl (C=O) groups is 2. The number of aromatic amines is 1. The Labute approximate surface area is 131 Å². The number of carbonyl (C=O) groups excluding carboxylic acids is 2. The van der Waals surface area contributed by atoms with Crippen molar-refractivity contribution < 1.29 is 14.3 Å². The standard InChI is InChI=1S/C14H12Cl2N2O3/c1-21-14(20)11(8-5-3-2-4-6-8)18-13(19)10-7-9(15)12(16)17-10/h2-7,11,17H,1H3,(H,18,19). The molecule has 0 saturated carbocycles. The van der Waals surface area contributed by atoms with Crippen LogP contribution in [-0.4, -0.2) is 24.0 Å². The molecule has 1 amide bonds. The van der Waals surface area contributed by atoms with Crippen molar-refractivity contribution in [1.82, 2.24) is 10.3 Å². The van der Waals surface area contributed by atoms with Crippen molar-refractivity contribution in [3.63, 3.8) is 0 Å². The molecule has 2 N–H and O–H groups in total. The topological polar surface area (TPSA) is 71.2 Å². The van der Waals surface area contributed by atoms with E-state index in [4.69, 9.17) is 27.9 Å². The molecule has 0 radical (unpaired) electrons. The van der Waals surface area contributed by atoms with Crippen LogP contribution in [-0.2, 0) is 9.53 Å². The number of hydrogen-bond donors (Lipinski definition) is 2. The van der Waals surface area contributed by atoms with Gasteiger partial charge in [-0.2, -0.15) is 0 Å². The van der Waals surface area contributed by atoms with E-state index in [9.17, 15) is 9.59 Å². The van der Waals surface area contributed by atoms with Gasteiger partial charge in [-0.3, -0.25) is 4.79 Å². The van der Waals surface area contributed by atoms with Gasteiger partial charge in [-0.25, -0.2) is 4.79 Å². The summed E-state index contributed by atoms with van der Waals surface area (Å²) in [5.41, 5.74) is 0.774. The smallest absolute Gasteiger partial charge is 0.333 e. The summed E-state index contributed by atoms with van der Waals surface area (Å²) < 4.78 is 4.72. The Bertz CT molecular complexity index is 636. The van der Waals surface area contributed by atoms with E-state index in [-0.39, 0.29) is 15.9 Å². The maximum Gasteiger partial charge on any atom is 0.333 e.